The molecule has 2 rings (SSSR count). The SMILES string of the molecule is CCOC(=O)[C@]1(c2ccc(Cl)cc2)C[C@@H]1CN(C)C. The van der Waals surface area contributed by atoms with Gasteiger partial charge in [-0.2, -0.15) is 0 Å². The van der Waals surface area contributed by atoms with E-state index in [-0.39, 0.29) is 5.97 Å². The average molecular weight is 282 g/mol. The van der Waals surface area contributed by atoms with Gasteiger partial charge in [-0.05, 0) is 51.1 Å². The fourth-order valence-corrected chi connectivity index (χ4v) is 2.85. The summed E-state index contributed by atoms with van der Waals surface area (Å²) in [6.07, 6.45) is 0.853. The van der Waals surface area contributed by atoms with Crippen molar-refractivity contribution in [2.75, 3.05) is 27.2 Å². The zero-order valence-corrected chi connectivity index (χ0v) is 12.4. The van der Waals surface area contributed by atoms with Gasteiger partial charge in [0.1, 0.15) is 0 Å². The molecule has 19 heavy (non-hydrogen) atoms. The highest BCUT2D eigenvalue weighted by atomic mass is 35.5. The Kier molecular flexibility index (Phi) is 4.16. The summed E-state index contributed by atoms with van der Waals surface area (Å²) in [6.45, 7) is 3.15. The highest BCUT2D eigenvalue weighted by Gasteiger charge is 2.62. The summed E-state index contributed by atoms with van der Waals surface area (Å²) in [5.41, 5.74) is 0.549. The molecule has 0 bridgehead atoms. The summed E-state index contributed by atoms with van der Waals surface area (Å²) in [5.74, 6) is 0.215. The van der Waals surface area contributed by atoms with Crippen LogP contribution in [-0.2, 0) is 14.9 Å². The van der Waals surface area contributed by atoms with Crippen LogP contribution < -0.4 is 0 Å². The molecule has 0 aliphatic heterocycles. The second-order valence-corrected chi connectivity index (χ2v) is 5.80. The van der Waals surface area contributed by atoms with Crippen molar-refractivity contribution < 1.29 is 9.53 Å². The molecule has 0 spiro atoms. The fourth-order valence-electron chi connectivity index (χ4n) is 2.72. The van der Waals surface area contributed by atoms with Crippen LogP contribution in [0, 0.1) is 5.92 Å². The second-order valence-electron chi connectivity index (χ2n) is 5.36. The van der Waals surface area contributed by atoms with Gasteiger partial charge in [-0.25, -0.2) is 0 Å². The summed E-state index contributed by atoms with van der Waals surface area (Å²) < 4.78 is 5.28. The number of esters is 1. The first-order chi connectivity index (χ1) is 9.00. The first kappa shape index (κ1) is 14.4. The van der Waals surface area contributed by atoms with Gasteiger partial charge >= 0.3 is 5.97 Å². The largest absolute Gasteiger partial charge is 0.465 e. The van der Waals surface area contributed by atoms with Crippen LogP contribution in [-0.4, -0.2) is 38.1 Å². The van der Waals surface area contributed by atoms with Crippen molar-refractivity contribution in [2.24, 2.45) is 5.92 Å². The summed E-state index contributed by atoms with van der Waals surface area (Å²) in [5, 5.41) is 0.688. The van der Waals surface area contributed by atoms with E-state index in [9.17, 15) is 4.79 Å². The Labute approximate surface area is 119 Å². The summed E-state index contributed by atoms with van der Waals surface area (Å²) in [7, 11) is 4.05. The normalized spacial score (nSPS) is 25.4. The van der Waals surface area contributed by atoms with Crippen LogP contribution in [0.1, 0.15) is 18.9 Å². The van der Waals surface area contributed by atoms with Gasteiger partial charge in [0, 0.05) is 11.6 Å². The molecule has 0 heterocycles. The number of hydrogen-bond donors (Lipinski definition) is 0. The van der Waals surface area contributed by atoms with Gasteiger partial charge < -0.3 is 9.64 Å². The molecule has 0 amide bonds. The molecule has 3 nitrogen and oxygen atoms in total. The lowest BCUT2D eigenvalue weighted by molar-refractivity contribution is -0.146. The lowest BCUT2D eigenvalue weighted by atomic mass is 9.93. The number of carbonyl (C=O) groups excluding carboxylic acids is 1. The smallest absolute Gasteiger partial charge is 0.316 e. The highest BCUT2D eigenvalue weighted by molar-refractivity contribution is 6.30. The molecule has 0 radical (unpaired) electrons. The van der Waals surface area contributed by atoms with E-state index >= 15 is 0 Å². The van der Waals surface area contributed by atoms with Crippen LogP contribution >= 0.6 is 11.6 Å². The molecule has 4 heteroatoms. The number of hydrogen-bond acceptors (Lipinski definition) is 3. The first-order valence-electron chi connectivity index (χ1n) is 6.58. The van der Waals surface area contributed by atoms with Crippen LogP contribution in [0.4, 0.5) is 0 Å². The minimum Gasteiger partial charge on any atom is -0.465 e. The second kappa shape index (κ2) is 5.51. The van der Waals surface area contributed by atoms with Gasteiger partial charge in [0.25, 0.3) is 0 Å². The molecule has 1 aromatic carbocycles. The Balaban J connectivity index is 2.26. The molecular formula is C15H20ClNO2. The number of rotatable bonds is 5. The molecule has 104 valence electrons. The molecule has 1 aliphatic rings. The van der Waals surface area contributed by atoms with Gasteiger partial charge in [0.05, 0.1) is 12.0 Å². The van der Waals surface area contributed by atoms with E-state index in [4.69, 9.17) is 16.3 Å². The van der Waals surface area contributed by atoms with Gasteiger partial charge in [0.2, 0.25) is 0 Å². The average Bonchev–Trinajstić information content (AvgIpc) is 3.04. The fraction of sp³-hybridized carbons (Fsp3) is 0.533. The molecule has 1 saturated carbocycles. The highest BCUT2D eigenvalue weighted by Crippen LogP contribution is 2.55. The molecular weight excluding hydrogens is 262 g/mol. The van der Waals surface area contributed by atoms with Gasteiger partial charge in [-0.15, -0.1) is 0 Å². The lowest BCUT2D eigenvalue weighted by Gasteiger charge is -2.18. The zero-order chi connectivity index (χ0) is 14.0. The van der Waals surface area contributed by atoms with Crippen molar-refractivity contribution in [1.82, 2.24) is 4.90 Å². The Morgan fingerprint density at radius 2 is 2.05 bits per heavy atom. The maximum absolute atomic E-state index is 12.3. The zero-order valence-electron chi connectivity index (χ0n) is 11.6. The molecule has 0 unspecified atom stereocenters. The van der Waals surface area contributed by atoms with E-state index in [1.165, 1.54) is 0 Å². The Bertz CT molecular complexity index is 458. The number of halogens is 1. The van der Waals surface area contributed by atoms with E-state index in [0.717, 1.165) is 18.5 Å². The molecule has 0 N–H and O–H groups in total. The number of ether oxygens (including phenoxy) is 1. The maximum atomic E-state index is 12.3. The number of nitrogens with zero attached hydrogens (tertiary/aromatic N) is 1. The lowest BCUT2D eigenvalue weighted by Crippen LogP contribution is -2.29. The number of carbonyl (C=O) groups is 1. The topological polar surface area (TPSA) is 29.5 Å². The van der Waals surface area contributed by atoms with Crippen molar-refractivity contribution in [3.05, 3.63) is 34.9 Å². The predicted octanol–water partition coefficient (Wildman–Crippen LogP) is 2.72. The monoisotopic (exact) mass is 281 g/mol. The van der Waals surface area contributed by atoms with Crippen LogP contribution in [0.3, 0.4) is 0 Å². The van der Waals surface area contributed by atoms with Gasteiger partial charge in [0.15, 0.2) is 0 Å². The summed E-state index contributed by atoms with van der Waals surface area (Å²) in [6, 6.07) is 7.55. The van der Waals surface area contributed by atoms with Crippen molar-refractivity contribution >= 4 is 17.6 Å². The van der Waals surface area contributed by atoms with Gasteiger partial charge in [-0.1, -0.05) is 23.7 Å². The van der Waals surface area contributed by atoms with E-state index in [2.05, 4.69) is 4.90 Å². The molecule has 1 fully saturated rings. The molecule has 1 aliphatic carbocycles. The van der Waals surface area contributed by atoms with Gasteiger partial charge in [-0.3, -0.25) is 4.79 Å². The molecule has 0 aromatic heterocycles. The van der Waals surface area contributed by atoms with E-state index < -0.39 is 5.41 Å². The maximum Gasteiger partial charge on any atom is 0.316 e. The van der Waals surface area contributed by atoms with Crippen LogP contribution in [0.5, 0.6) is 0 Å². The third-order valence-corrected chi connectivity index (χ3v) is 3.94. The third kappa shape index (κ3) is 2.77. The summed E-state index contributed by atoms with van der Waals surface area (Å²) >= 11 is 5.92. The predicted molar refractivity (Wildman–Crippen MR) is 76.4 cm³/mol. The van der Waals surface area contributed by atoms with Crippen LogP contribution in [0.2, 0.25) is 5.02 Å². The Morgan fingerprint density at radius 1 is 1.42 bits per heavy atom. The minimum atomic E-state index is -0.467. The van der Waals surface area contributed by atoms with E-state index in [1.54, 1.807) is 0 Å². The minimum absolute atomic E-state index is 0.107. The third-order valence-electron chi connectivity index (χ3n) is 3.69. The number of benzene rings is 1. The Morgan fingerprint density at radius 3 is 2.58 bits per heavy atom. The van der Waals surface area contributed by atoms with Crippen molar-refractivity contribution in [3.63, 3.8) is 0 Å². The van der Waals surface area contributed by atoms with Crippen molar-refractivity contribution in [1.29, 1.82) is 0 Å². The molecule has 2 atom stereocenters. The van der Waals surface area contributed by atoms with E-state index in [0.29, 0.717) is 17.5 Å². The van der Waals surface area contributed by atoms with Crippen LogP contribution in [0.25, 0.3) is 0 Å². The van der Waals surface area contributed by atoms with E-state index in [1.807, 2.05) is 45.3 Å². The van der Waals surface area contributed by atoms with Crippen LogP contribution in [0.15, 0.2) is 24.3 Å². The molecule has 1 aromatic rings. The standard InChI is InChI=1S/C15H20ClNO2/c1-4-19-14(18)15(9-12(15)10-17(2)3)11-5-7-13(16)8-6-11/h5-8,12H,4,9-10H2,1-3H3/t12-,15+/m1/s1. The summed E-state index contributed by atoms with van der Waals surface area (Å²) in [4.78, 5) is 14.4. The molecule has 0 saturated heterocycles. The Hall–Kier alpha value is -1.06. The van der Waals surface area contributed by atoms with Crippen molar-refractivity contribution in [3.8, 4) is 0 Å². The first-order valence-corrected chi connectivity index (χ1v) is 6.96. The van der Waals surface area contributed by atoms with Crippen molar-refractivity contribution in [2.45, 2.75) is 18.8 Å². The quantitative estimate of drug-likeness (QED) is 0.777.